The molecule has 0 saturated carbocycles. The zero-order valence-electron chi connectivity index (χ0n) is 16.5. The van der Waals surface area contributed by atoms with Crippen LogP contribution in [0.2, 0.25) is 5.02 Å². The Morgan fingerprint density at radius 3 is 2.68 bits per heavy atom. The van der Waals surface area contributed by atoms with Crippen molar-refractivity contribution in [2.24, 2.45) is 0 Å². The number of esters is 1. The van der Waals surface area contributed by atoms with Gasteiger partial charge < -0.3 is 9.72 Å². The number of aromatic nitrogens is 5. The maximum Gasteiger partial charge on any atom is 0.378 e. The molecule has 0 atom stereocenters. The van der Waals surface area contributed by atoms with Crippen LogP contribution in [0.4, 0.5) is 0 Å². The minimum atomic E-state index is -0.700. The van der Waals surface area contributed by atoms with E-state index in [1.807, 2.05) is 0 Å². The second kappa shape index (κ2) is 8.57. The number of aryl methyl sites for hydroxylation is 1. The van der Waals surface area contributed by atoms with Gasteiger partial charge in [0, 0.05) is 6.54 Å². The van der Waals surface area contributed by atoms with Crippen molar-refractivity contribution >= 4 is 28.5 Å². The van der Waals surface area contributed by atoms with Gasteiger partial charge in [-0.3, -0.25) is 9.36 Å². The Kier molecular flexibility index (Phi) is 5.68. The fourth-order valence-electron chi connectivity index (χ4n) is 3.18. The molecule has 0 aliphatic carbocycles. The number of benzene rings is 2. The van der Waals surface area contributed by atoms with Crippen molar-refractivity contribution in [3.05, 3.63) is 86.0 Å². The highest BCUT2D eigenvalue weighted by Gasteiger charge is 2.18. The van der Waals surface area contributed by atoms with Crippen molar-refractivity contribution in [2.45, 2.75) is 19.9 Å². The van der Waals surface area contributed by atoms with Gasteiger partial charge in [-0.05, 0) is 37.6 Å². The summed E-state index contributed by atoms with van der Waals surface area (Å²) in [4.78, 5) is 43.8. The number of H-pyrrole nitrogens is 1. The number of nitrogens with one attached hydrogen (secondary N) is 1. The molecule has 4 aromatic rings. The van der Waals surface area contributed by atoms with E-state index >= 15 is 0 Å². The lowest BCUT2D eigenvalue weighted by Crippen LogP contribution is -2.35. The number of halogens is 1. The molecule has 2 aromatic heterocycles. The summed E-state index contributed by atoms with van der Waals surface area (Å²) in [5.74, 6) is -0.318. The molecular formula is C21H18ClN5O4. The van der Waals surface area contributed by atoms with Gasteiger partial charge in [-0.1, -0.05) is 35.9 Å². The summed E-state index contributed by atoms with van der Waals surface area (Å²) < 4.78 is 7.77. The highest BCUT2D eigenvalue weighted by atomic mass is 35.5. The number of aromatic amines is 1. The predicted molar refractivity (Wildman–Crippen MR) is 115 cm³/mol. The number of nitrogens with zero attached hydrogens (tertiary/aromatic N) is 4. The van der Waals surface area contributed by atoms with E-state index in [0.717, 1.165) is 4.57 Å². The summed E-state index contributed by atoms with van der Waals surface area (Å²) in [5.41, 5.74) is 0.186. The van der Waals surface area contributed by atoms with Gasteiger partial charge in [-0.15, -0.1) is 5.10 Å². The molecule has 0 amide bonds. The molecule has 10 heteroatoms. The largest absolute Gasteiger partial charge is 0.460 e. The summed E-state index contributed by atoms with van der Waals surface area (Å²) >= 11 is 6.18. The Morgan fingerprint density at radius 2 is 1.87 bits per heavy atom. The third-order valence-electron chi connectivity index (χ3n) is 4.68. The molecule has 9 nitrogen and oxygen atoms in total. The zero-order valence-corrected chi connectivity index (χ0v) is 17.3. The SMILES string of the molecule is Cc1nc(C(=O)OCCCn2c(=O)[nH]c3ccccc3c2=O)nn1-c1ccccc1Cl. The van der Waals surface area contributed by atoms with Crippen LogP contribution >= 0.6 is 11.6 Å². The van der Waals surface area contributed by atoms with Gasteiger partial charge in [0.1, 0.15) is 5.82 Å². The summed E-state index contributed by atoms with van der Waals surface area (Å²) in [6.07, 6.45) is 0.275. The molecule has 0 radical (unpaired) electrons. The average molecular weight is 440 g/mol. The van der Waals surface area contributed by atoms with Gasteiger partial charge in [-0.2, -0.15) is 0 Å². The van der Waals surface area contributed by atoms with Crippen LogP contribution in [0.15, 0.2) is 58.1 Å². The van der Waals surface area contributed by atoms with Gasteiger partial charge >= 0.3 is 11.7 Å². The Labute approximate surface area is 180 Å². The first-order valence-electron chi connectivity index (χ1n) is 9.53. The van der Waals surface area contributed by atoms with E-state index in [1.165, 1.54) is 4.68 Å². The van der Waals surface area contributed by atoms with Gasteiger partial charge in [0.25, 0.3) is 11.4 Å². The number of para-hydroxylation sites is 2. The average Bonchev–Trinajstić information content (AvgIpc) is 3.15. The van der Waals surface area contributed by atoms with E-state index in [-0.39, 0.29) is 31.0 Å². The Bertz CT molecular complexity index is 1390. The fraction of sp³-hybridized carbons (Fsp3) is 0.190. The predicted octanol–water partition coefficient (Wildman–Crippen LogP) is 2.48. The molecule has 0 aliphatic rings. The first-order valence-corrected chi connectivity index (χ1v) is 9.91. The molecule has 2 aromatic carbocycles. The number of ether oxygens (including phenoxy) is 1. The lowest BCUT2D eigenvalue weighted by atomic mass is 10.2. The van der Waals surface area contributed by atoms with Crippen LogP contribution in [-0.2, 0) is 11.3 Å². The minimum absolute atomic E-state index is 0.00276. The van der Waals surface area contributed by atoms with Crippen LogP contribution in [0, 0.1) is 6.92 Å². The normalized spacial score (nSPS) is 11.0. The van der Waals surface area contributed by atoms with Gasteiger partial charge in [0.15, 0.2) is 0 Å². The molecule has 1 N–H and O–H groups in total. The highest BCUT2D eigenvalue weighted by Crippen LogP contribution is 2.20. The molecule has 4 rings (SSSR count). The van der Waals surface area contributed by atoms with Crippen molar-refractivity contribution in [3.8, 4) is 5.69 Å². The third-order valence-corrected chi connectivity index (χ3v) is 5.00. The summed E-state index contributed by atoms with van der Waals surface area (Å²) in [6, 6.07) is 13.9. The summed E-state index contributed by atoms with van der Waals surface area (Å²) in [6.45, 7) is 1.80. The smallest absolute Gasteiger partial charge is 0.378 e. The second-order valence-corrected chi connectivity index (χ2v) is 7.18. The number of carbonyl (C=O) groups excluding carboxylic acids is 1. The Morgan fingerprint density at radius 1 is 1.13 bits per heavy atom. The molecular weight excluding hydrogens is 422 g/mol. The second-order valence-electron chi connectivity index (χ2n) is 6.77. The van der Waals surface area contributed by atoms with E-state index in [4.69, 9.17) is 16.3 Å². The van der Waals surface area contributed by atoms with E-state index in [1.54, 1.807) is 55.5 Å². The van der Waals surface area contributed by atoms with Crippen molar-refractivity contribution in [1.29, 1.82) is 0 Å². The zero-order chi connectivity index (χ0) is 22.0. The monoisotopic (exact) mass is 439 g/mol. The van der Waals surface area contributed by atoms with Gasteiger partial charge in [-0.25, -0.2) is 19.3 Å². The van der Waals surface area contributed by atoms with E-state index in [2.05, 4.69) is 15.1 Å². The molecule has 158 valence electrons. The number of carbonyl (C=O) groups is 1. The fourth-order valence-corrected chi connectivity index (χ4v) is 3.40. The summed E-state index contributed by atoms with van der Waals surface area (Å²) in [5, 5.41) is 5.07. The number of rotatable bonds is 6. The quantitative estimate of drug-likeness (QED) is 0.365. The molecule has 0 fully saturated rings. The lowest BCUT2D eigenvalue weighted by Gasteiger charge is -2.06. The Balaban J connectivity index is 1.41. The van der Waals surface area contributed by atoms with E-state index < -0.39 is 11.7 Å². The molecule has 31 heavy (non-hydrogen) atoms. The van der Waals surface area contributed by atoms with Crippen molar-refractivity contribution in [1.82, 2.24) is 24.3 Å². The van der Waals surface area contributed by atoms with E-state index in [9.17, 15) is 14.4 Å². The van der Waals surface area contributed by atoms with Crippen LogP contribution in [0.5, 0.6) is 0 Å². The maximum atomic E-state index is 12.5. The standard InChI is InChI=1S/C21H18ClN5O4/c1-13-23-18(25-27(13)17-10-5-3-8-15(17)22)20(29)31-12-6-11-26-19(28)14-7-2-4-9-16(14)24-21(26)30/h2-5,7-10H,6,11-12H2,1H3,(H,24,30). The van der Waals surface area contributed by atoms with Crippen molar-refractivity contribution in [2.75, 3.05) is 6.61 Å². The van der Waals surface area contributed by atoms with Gasteiger partial charge in [0.2, 0.25) is 0 Å². The molecule has 0 unspecified atom stereocenters. The van der Waals surface area contributed by atoms with Crippen molar-refractivity contribution in [3.63, 3.8) is 0 Å². The van der Waals surface area contributed by atoms with Crippen LogP contribution in [0.3, 0.4) is 0 Å². The van der Waals surface area contributed by atoms with Gasteiger partial charge in [0.05, 0.1) is 28.2 Å². The van der Waals surface area contributed by atoms with Crippen molar-refractivity contribution < 1.29 is 9.53 Å². The first-order chi connectivity index (χ1) is 15.0. The molecule has 0 saturated heterocycles. The minimum Gasteiger partial charge on any atom is -0.460 e. The Hall–Kier alpha value is -3.72. The number of hydrogen-bond acceptors (Lipinski definition) is 6. The van der Waals surface area contributed by atoms with Crippen LogP contribution < -0.4 is 11.2 Å². The number of hydrogen-bond donors (Lipinski definition) is 1. The molecule has 0 aliphatic heterocycles. The van der Waals surface area contributed by atoms with Crippen LogP contribution in [0.25, 0.3) is 16.6 Å². The topological polar surface area (TPSA) is 112 Å². The summed E-state index contributed by atoms with van der Waals surface area (Å²) in [7, 11) is 0. The van der Waals surface area contributed by atoms with E-state index in [0.29, 0.717) is 27.4 Å². The highest BCUT2D eigenvalue weighted by molar-refractivity contribution is 6.32. The van der Waals surface area contributed by atoms with Crippen LogP contribution in [0.1, 0.15) is 22.9 Å². The number of fused-ring (bicyclic) bond motifs is 1. The lowest BCUT2D eigenvalue weighted by molar-refractivity contribution is 0.0481. The maximum absolute atomic E-state index is 12.5. The first kappa shape index (κ1) is 20.5. The molecule has 2 heterocycles. The molecule has 0 bridgehead atoms. The van der Waals surface area contributed by atoms with Crippen LogP contribution in [-0.4, -0.2) is 36.9 Å². The third kappa shape index (κ3) is 4.13. The molecule has 0 spiro atoms.